The summed E-state index contributed by atoms with van der Waals surface area (Å²) in [6.45, 7) is 0.241. The van der Waals surface area contributed by atoms with Crippen LogP contribution in [-0.2, 0) is 6.54 Å². The number of nitrogens with zero attached hydrogens (tertiary/aromatic N) is 2. The van der Waals surface area contributed by atoms with Crippen molar-refractivity contribution in [2.45, 2.75) is 6.54 Å². The maximum absolute atomic E-state index is 13.3. The summed E-state index contributed by atoms with van der Waals surface area (Å²) in [6, 6.07) is 18.2. The molecule has 2 aromatic heterocycles. The van der Waals surface area contributed by atoms with Gasteiger partial charge in [0, 0.05) is 5.56 Å². The molecule has 2 heterocycles. The molecule has 2 aromatic carbocycles. The molecule has 0 aliphatic rings. The van der Waals surface area contributed by atoms with Gasteiger partial charge in [-0.25, -0.2) is 9.07 Å². The van der Waals surface area contributed by atoms with Crippen molar-refractivity contribution in [1.29, 1.82) is 0 Å². The fraction of sp³-hybridized carbons (Fsp3) is 0.0476. The lowest BCUT2D eigenvalue weighted by molar-refractivity contribution is 0.0940. The van der Waals surface area contributed by atoms with E-state index in [0.717, 1.165) is 0 Å². The first kappa shape index (κ1) is 18.0. The fourth-order valence-corrected chi connectivity index (χ4v) is 3.00. The van der Waals surface area contributed by atoms with Crippen molar-refractivity contribution in [3.8, 4) is 16.9 Å². The summed E-state index contributed by atoms with van der Waals surface area (Å²) in [4.78, 5) is 12.8. The minimum absolute atomic E-state index is 0.241. The van der Waals surface area contributed by atoms with E-state index in [2.05, 4.69) is 10.4 Å². The van der Waals surface area contributed by atoms with Crippen molar-refractivity contribution in [3.05, 3.63) is 95.3 Å². The third-order valence-electron chi connectivity index (χ3n) is 4.17. The highest BCUT2D eigenvalue weighted by Crippen LogP contribution is 2.26. The molecular weight excluding hydrogens is 381 g/mol. The molecule has 4 rings (SSSR count). The molecule has 0 saturated carbocycles. The average Bonchev–Trinajstić information content (AvgIpc) is 3.37. The number of aromatic nitrogens is 2. The first-order chi connectivity index (χ1) is 13.6. The fourth-order valence-electron chi connectivity index (χ4n) is 2.78. The normalized spacial score (nSPS) is 10.8. The zero-order valence-corrected chi connectivity index (χ0v) is 15.4. The van der Waals surface area contributed by atoms with Crippen LogP contribution in [0, 0.1) is 5.82 Å². The lowest BCUT2D eigenvalue weighted by Gasteiger charge is -2.09. The number of para-hydroxylation sites is 1. The summed E-state index contributed by atoms with van der Waals surface area (Å²) in [5, 5.41) is 7.80. The van der Waals surface area contributed by atoms with E-state index in [1.807, 2.05) is 6.07 Å². The van der Waals surface area contributed by atoms with Gasteiger partial charge in [-0.2, -0.15) is 5.10 Å². The van der Waals surface area contributed by atoms with Gasteiger partial charge in [0.15, 0.2) is 0 Å². The van der Waals surface area contributed by atoms with Crippen LogP contribution in [0.3, 0.4) is 0 Å². The number of carbonyl (C=O) groups excluding carboxylic acids is 1. The van der Waals surface area contributed by atoms with Crippen LogP contribution in [0.5, 0.6) is 0 Å². The number of carbonyl (C=O) groups is 1. The van der Waals surface area contributed by atoms with Gasteiger partial charge in [-0.05, 0) is 54.6 Å². The van der Waals surface area contributed by atoms with Crippen LogP contribution in [0.2, 0.25) is 5.02 Å². The monoisotopic (exact) mass is 395 g/mol. The number of furan rings is 1. The van der Waals surface area contributed by atoms with Crippen molar-refractivity contribution >= 4 is 17.5 Å². The highest BCUT2D eigenvalue weighted by atomic mass is 35.5. The van der Waals surface area contributed by atoms with Crippen LogP contribution in [0.1, 0.15) is 16.2 Å². The largest absolute Gasteiger partial charge is 0.467 e. The van der Waals surface area contributed by atoms with Crippen molar-refractivity contribution in [2.75, 3.05) is 0 Å². The summed E-state index contributed by atoms with van der Waals surface area (Å²) in [7, 11) is 0. The number of hydrogen-bond donors (Lipinski definition) is 1. The predicted molar refractivity (Wildman–Crippen MR) is 104 cm³/mol. The van der Waals surface area contributed by atoms with Gasteiger partial charge >= 0.3 is 0 Å². The molecule has 0 fully saturated rings. The molecule has 7 heteroatoms. The Balaban J connectivity index is 1.73. The van der Waals surface area contributed by atoms with Gasteiger partial charge < -0.3 is 9.73 Å². The minimum Gasteiger partial charge on any atom is -0.467 e. The highest BCUT2D eigenvalue weighted by Gasteiger charge is 2.19. The Morgan fingerprint density at radius 1 is 1.11 bits per heavy atom. The first-order valence-corrected chi connectivity index (χ1v) is 8.91. The summed E-state index contributed by atoms with van der Waals surface area (Å²) >= 11 is 6.31. The third-order valence-corrected chi connectivity index (χ3v) is 4.49. The molecule has 0 saturated heterocycles. The summed E-state index contributed by atoms with van der Waals surface area (Å²) in [6.07, 6.45) is 1.54. The summed E-state index contributed by atoms with van der Waals surface area (Å²) < 4.78 is 20.0. The number of halogens is 2. The Morgan fingerprint density at radius 2 is 1.89 bits per heavy atom. The van der Waals surface area contributed by atoms with E-state index in [1.54, 1.807) is 54.8 Å². The smallest absolute Gasteiger partial charge is 0.270 e. The number of benzene rings is 2. The summed E-state index contributed by atoms with van der Waals surface area (Å²) in [5.74, 6) is -0.0428. The maximum atomic E-state index is 13.3. The molecule has 1 N–H and O–H groups in total. The zero-order chi connectivity index (χ0) is 19.5. The first-order valence-electron chi connectivity index (χ1n) is 8.53. The molecule has 0 radical (unpaired) electrons. The standard InChI is InChI=1S/C21H15ClFN3O2/c22-17-5-1-2-6-19(17)26-20(21(27)24-13-16-4-3-11-28-16)12-18(25-26)14-7-9-15(23)10-8-14/h1-12H,13H2,(H,24,27). The highest BCUT2D eigenvalue weighted by molar-refractivity contribution is 6.32. The van der Waals surface area contributed by atoms with Gasteiger partial charge in [-0.3, -0.25) is 4.79 Å². The van der Waals surface area contributed by atoms with Crippen molar-refractivity contribution < 1.29 is 13.6 Å². The van der Waals surface area contributed by atoms with Gasteiger partial charge in [-0.15, -0.1) is 0 Å². The van der Waals surface area contributed by atoms with E-state index in [-0.39, 0.29) is 18.3 Å². The van der Waals surface area contributed by atoms with Crippen LogP contribution in [-0.4, -0.2) is 15.7 Å². The molecule has 0 atom stereocenters. The Bertz CT molecular complexity index is 1110. The van der Waals surface area contributed by atoms with Crippen LogP contribution in [0.4, 0.5) is 4.39 Å². The van der Waals surface area contributed by atoms with E-state index in [9.17, 15) is 9.18 Å². The van der Waals surface area contributed by atoms with Gasteiger partial charge in [0.2, 0.25) is 0 Å². The van der Waals surface area contributed by atoms with Crippen LogP contribution in [0.25, 0.3) is 16.9 Å². The molecule has 0 aliphatic carbocycles. The number of hydrogen-bond acceptors (Lipinski definition) is 3. The van der Waals surface area contributed by atoms with E-state index in [4.69, 9.17) is 16.0 Å². The van der Waals surface area contributed by atoms with Crippen molar-refractivity contribution in [1.82, 2.24) is 15.1 Å². The van der Waals surface area contributed by atoms with Gasteiger partial charge in [-0.1, -0.05) is 23.7 Å². The minimum atomic E-state index is -0.342. The maximum Gasteiger partial charge on any atom is 0.270 e. The van der Waals surface area contributed by atoms with Crippen molar-refractivity contribution in [2.24, 2.45) is 0 Å². The molecule has 4 aromatic rings. The van der Waals surface area contributed by atoms with E-state index in [1.165, 1.54) is 16.8 Å². The number of amides is 1. The second kappa shape index (κ2) is 7.70. The molecule has 5 nitrogen and oxygen atoms in total. The molecular formula is C21H15ClFN3O2. The quantitative estimate of drug-likeness (QED) is 0.525. The van der Waals surface area contributed by atoms with Crippen LogP contribution >= 0.6 is 11.6 Å². The topological polar surface area (TPSA) is 60.1 Å². The Kier molecular flexibility index (Phi) is 4.95. The molecule has 28 heavy (non-hydrogen) atoms. The van der Waals surface area contributed by atoms with Gasteiger partial charge in [0.1, 0.15) is 17.3 Å². The lowest BCUT2D eigenvalue weighted by atomic mass is 10.1. The van der Waals surface area contributed by atoms with Crippen LogP contribution in [0.15, 0.2) is 77.4 Å². The SMILES string of the molecule is O=C(NCc1ccco1)c1cc(-c2ccc(F)cc2)nn1-c1ccccc1Cl. The molecule has 0 aliphatic heterocycles. The van der Waals surface area contributed by atoms with Crippen LogP contribution < -0.4 is 5.32 Å². The molecule has 0 spiro atoms. The average molecular weight is 396 g/mol. The predicted octanol–water partition coefficient (Wildman–Crippen LogP) is 4.85. The Morgan fingerprint density at radius 3 is 2.61 bits per heavy atom. The number of nitrogens with one attached hydrogen (secondary N) is 1. The second-order valence-electron chi connectivity index (χ2n) is 6.05. The third kappa shape index (κ3) is 3.68. The zero-order valence-electron chi connectivity index (χ0n) is 14.6. The summed E-state index contributed by atoms with van der Waals surface area (Å²) in [5.41, 5.74) is 2.09. The lowest BCUT2D eigenvalue weighted by Crippen LogP contribution is -2.25. The molecule has 1 amide bonds. The molecule has 0 bridgehead atoms. The molecule has 140 valence electrons. The Hall–Kier alpha value is -3.38. The second-order valence-corrected chi connectivity index (χ2v) is 6.45. The van der Waals surface area contributed by atoms with E-state index in [0.29, 0.717) is 33.4 Å². The van der Waals surface area contributed by atoms with E-state index < -0.39 is 0 Å². The molecule has 0 unspecified atom stereocenters. The van der Waals surface area contributed by atoms with Crippen molar-refractivity contribution in [3.63, 3.8) is 0 Å². The van der Waals surface area contributed by atoms with Gasteiger partial charge in [0.25, 0.3) is 5.91 Å². The van der Waals surface area contributed by atoms with Gasteiger partial charge in [0.05, 0.1) is 29.2 Å². The Labute approximate surface area is 165 Å². The number of rotatable bonds is 5. The van der Waals surface area contributed by atoms with E-state index >= 15 is 0 Å².